The first kappa shape index (κ1) is 15.0. The van der Waals surface area contributed by atoms with Gasteiger partial charge in [-0.3, -0.25) is 4.79 Å². The largest absolute Gasteiger partial charge is 0.371 e. The highest BCUT2D eigenvalue weighted by Gasteiger charge is 2.09. The van der Waals surface area contributed by atoms with Gasteiger partial charge in [-0.25, -0.2) is 8.78 Å². The maximum absolute atomic E-state index is 13.3. The summed E-state index contributed by atoms with van der Waals surface area (Å²) in [5.41, 5.74) is 0.835. The van der Waals surface area contributed by atoms with Crippen LogP contribution in [0.2, 0.25) is 0 Å². The van der Waals surface area contributed by atoms with Gasteiger partial charge in [-0.15, -0.1) is 0 Å². The van der Waals surface area contributed by atoms with Gasteiger partial charge in [-0.05, 0) is 24.1 Å². The third-order valence-electron chi connectivity index (χ3n) is 2.97. The van der Waals surface area contributed by atoms with Crippen LogP contribution in [0.15, 0.2) is 48.5 Å². The molecule has 0 saturated heterocycles. The van der Waals surface area contributed by atoms with E-state index in [1.165, 1.54) is 6.07 Å². The fourth-order valence-corrected chi connectivity index (χ4v) is 1.89. The summed E-state index contributed by atoms with van der Waals surface area (Å²) in [4.78, 5) is 11.6. The van der Waals surface area contributed by atoms with Crippen molar-refractivity contribution in [3.8, 4) is 0 Å². The Balaban J connectivity index is 1.75. The Kier molecular flexibility index (Phi) is 5.26. The predicted octanol–water partition coefficient (Wildman–Crippen LogP) is 2.74. The maximum atomic E-state index is 13.3. The van der Waals surface area contributed by atoms with Crippen LogP contribution >= 0.6 is 0 Å². The second kappa shape index (κ2) is 7.38. The van der Waals surface area contributed by atoms with Crippen LogP contribution in [0.25, 0.3) is 0 Å². The lowest BCUT2D eigenvalue weighted by atomic mass is 10.1. The van der Waals surface area contributed by atoms with Crippen molar-refractivity contribution < 1.29 is 13.6 Å². The van der Waals surface area contributed by atoms with Crippen LogP contribution in [-0.4, -0.2) is 19.0 Å². The zero-order valence-electron chi connectivity index (χ0n) is 11.4. The van der Waals surface area contributed by atoms with E-state index in [1.54, 1.807) is 0 Å². The molecule has 0 atom stereocenters. The van der Waals surface area contributed by atoms with E-state index in [9.17, 15) is 13.6 Å². The zero-order chi connectivity index (χ0) is 15.1. The van der Waals surface area contributed by atoms with Gasteiger partial charge in [-0.2, -0.15) is 0 Å². The highest BCUT2D eigenvalue weighted by molar-refractivity contribution is 5.80. The van der Waals surface area contributed by atoms with Gasteiger partial charge in [-0.1, -0.05) is 36.4 Å². The monoisotopic (exact) mass is 290 g/mol. The molecule has 0 fully saturated rings. The topological polar surface area (TPSA) is 41.1 Å². The molecule has 0 radical (unpaired) electrons. The fourth-order valence-electron chi connectivity index (χ4n) is 1.89. The van der Waals surface area contributed by atoms with Gasteiger partial charge in [0.1, 0.15) is 17.3 Å². The number of amides is 1. The van der Waals surface area contributed by atoms with E-state index in [0.29, 0.717) is 13.0 Å². The number of benzene rings is 2. The minimum absolute atomic E-state index is 0.174. The standard InChI is InChI=1S/C16H16F2N2O/c17-13-7-4-8-14(18)16(13)20-11-15(21)19-10-9-12-5-2-1-3-6-12/h1-8,20H,9-11H2,(H,19,21). The molecule has 21 heavy (non-hydrogen) atoms. The Bertz CT molecular complexity index is 582. The SMILES string of the molecule is O=C(CNc1c(F)cccc1F)NCCc1ccccc1. The molecule has 0 spiro atoms. The Morgan fingerprint density at radius 1 is 0.952 bits per heavy atom. The van der Waals surface area contributed by atoms with Gasteiger partial charge < -0.3 is 10.6 Å². The van der Waals surface area contributed by atoms with Gasteiger partial charge in [0.25, 0.3) is 0 Å². The zero-order valence-corrected chi connectivity index (χ0v) is 11.4. The van der Waals surface area contributed by atoms with Gasteiger partial charge in [0.05, 0.1) is 6.54 Å². The lowest BCUT2D eigenvalue weighted by Gasteiger charge is -2.09. The summed E-state index contributed by atoms with van der Waals surface area (Å²) in [7, 11) is 0. The van der Waals surface area contributed by atoms with E-state index >= 15 is 0 Å². The smallest absolute Gasteiger partial charge is 0.239 e. The van der Waals surface area contributed by atoms with Gasteiger partial charge >= 0.3 is 0 Å². The van der Waals surface area contributed by atoms with Crippen LogP contribution in [0.3, 0.4) is 0 Å². The molecule has 0 saturated carbocycles. The normalized spacial score (nSPS) is 10.2. The molecule has 5 heteroatoms. The van der Waals surface area contributed by atoms with Gasteiger partial charge in [0.15, 0.2) is 0 Å². The number of anilines is 1. The number of rotatable bonds is 6. The van der Waals surface area contributed by atoms with Crippen molar-refractivity contribution in [3.63, 3.8) is 0 Å². The molecule has 0 aliphatic heterocycles. The Morgan fingerprint density at radius 3 is 2.29 bits per heavy atom. The molecule has 0 aliphatic rings. The van der Waals surface area contributed by atoms with Crippen LogP contribution in [0.5, 0.6) is 0 Å². The Labute approximate surface area is 122 Å². The summed E-state index contributed by atoms with van der Waals surface area (Å²) in [5, 5.41) is 5.16. The van der Waals surface area contributed by atoms with Crippen LogP contribution in [0, 0.1) is 11.6 Å². The van der Waals surface area contributed by atoms with Crippen molar-refractivity contribution in [2.75, 3.05) is 18.4 Å². The average molecular weight is 290 g/mol. The third-order valence-corrected chi connectivity index (χ3v) is 2.97. The summed E-state index contributed by atoms with van der Waals surface area (Å²) >= 11 is 0. The Morgan fingerprint density at radius 2 is 1.62 bits per heavy atom. The van der Waals surface area contributed by atoms with Gasteiger partial charge in [0.2, 0.25) is 5.91 Å². The van der Waals surface area contributed by atoms with Gasteiger partial charge in [0, 0.05) is 6.54 Å². The molecule has 0 aliphatic carbocycles. The summed E-state index contributed by atoms with van der Waals surface area (Å²) in [5.74, 6) is -1.74. The molecule has 2 aromatic carbocycles. The molecular weight excluding hydrogens is 274 g/mol. The third kappa shape index (κ3) is 4.56. The first-order valence-corrected chi connectivity index (χ1v) is 6.65. The van der Waals surface area contributed by atoms with Crippen LogP contribution in [-0.2, 0) is 11.2 Å². The summed E-state index contributed by atoms with van der Waals surface area (Å²) < 4.78 is 26.7. The van der Waals surface area contributed by atoms with Crippen molar-refractivity contribution in [1.29, 1.82) is 0 Å². The highest BCUT2D eigenvalue weighted by atomic mass is 19.1. The number of para-hydroxylation sites is 1. The van der Waals surface area contributed by atoms with E-state index < -0.39 is 11.6 Å². The first-order valence-electron chi connectivity index (χ1n) is 6.65. The maximum Gasteiger partial charge on any atom is 0.239 e. The number of hydrogen-bond acceptors (Lipinski definition) is 2. The highest BCUT2D eigenvalue weighted by Crippen LogP contribution is 2.17. The molecule has 110 valence electrons. The minimum atomic E-state index is -0.716. The van der Waals surface area contributed by atoms with Crippen molar-refractivity contribution in [1.82, 2.24) is 5.32 Å². The van der Waals surface area contributed by atoms with Crippen molar-refractivity contribution in [3.05, 3.63) is 65.7 Å². The van der Waals surface area contributed by atoms with E-state index in [4.69, 9.17) is 0 Å². The van der Waals surface area contributed by atoms with Crippen molar-refractivity contribution >= 4 is 11.6 Å². The molecule has 1 amide bonds. The average Bonchev–Trinajstić information content (AvgIpc) is 2.48. The number of halogens is 2. The summed E-state index contributed by atoms with van der Waals surface area (Å²) in [6.45, 7) is 0.303. The predicted molar refractivity (Wildman–Crippen MR) is 78.0 cm³/mol. The molecule has 0 bridgehead atoms. The molecule has 2 rings (SSSR count). The molecular formula is C16H16F2N2O. The Hall–Kier alpha value is -2.43. The molecule has 0 unspecified atom stereocenters. The fraction of sp³-hybridized carbons (Fsp3) is 0.188. The molecule has 0 aromatic heterocycles. The lowest BCUT2D eigenvalue weighted by Crippen LogP contribution is -2.31. The van der Waals surface area contributed by atoms with Crippen molar-refractivity contribution in [2.45, 2.75) is 6.42 Å². The minimum Gasteiger partial charge on any atom is -0.371 e. The molecule has 3 nitrogen and oxygen atoms in total. The second-order valence-electron chi connectivity index (χ2n) is 4.54. The number of carbonyl (C=O) groups excluding carboxylic acids is 1. The second-order valence-corrected chi connectivity index (χ2v) is 4.54. The van der Waals surface area contributed by atoms with E-state index in [1.807, 2.05) is 30.3 Å². The first-order chi connectivity index (χ1) is 10.2. The number of nitrogens with one attached hydrogen (secondary N) is 2. The molecule has 2 aromatic rings. The molecule has 2 N–H and O–H groups in total. The van der Waals surface area contributed by atoms with Crippen LogP contribution in [0.4, 0.5) is 14.5 Å². The van der Waals surface area contributed by atoms with Crippen molar-refractivity contribution in [2.24, 2.45) is 0 Å². The summed E-state index contributed by atoms with van der Waals surface area (Å²) in [6, 6.07) is 13.3. The van der Waals surface area contributed by atoms with Crippen LogP contribution < -0.4 is 10.6 Å². The lowest BCUT2D eigenvalue weighted by molar-refractivity contribution is -0.119. The van der Waals surface area contributed by atoms with E-state index in [0.717, 1.165) is 17.7 Å². The molecule has 0 heterocycles. The number of carbonyl (C=O) groups is 1. The quantitative estimate of drug-likeness (QED) is 0.859. The van der Waals surface area contributed by atoms with E-state index in [-0.39, 0.29) is 18.1 Å². The van der Waals surface area contributed by atoms with E-state index in [2.05, 4.69) is 10.6 Å². The number of hydrogen-bond donors (Lipinski definition) is 2. The van der Waals surface area contributed by atoms with Crippen LogP contribution in [0.1, 0.15) is 5.56 Å². The summed E-state index contributed by atoms with van der Waals surface area (Å²) in [6.07, 6.45) is 0.709.